The van der Waals surface area contributed by atoms with Crippen LogP contribution >= 0.6 is 0 Å². The van der Waals surface area contributed by atoms with E-state index in [2.05, 4.69) is 75.0 Å². The Morgan fingerprint density at radius 2 is 1.29 bits per heavy atom. The minimum Gasteiger partial charge on any atom is -0.206 e. The smallest absolute Gasteiger partial charge is 0.139 e. The summed E-state index contributed by atoms with van der Waals surface area (Å²) in [5.41, 5.74) is 8.06. The third-order valence-electron chi connectivity index (χ3n) is 7.05. The molecule has 1 heteroatoms. The molecule has 0 radical (unpaired) electrons. The zero-order valence-corrected chi connectivity index (χ0v) is 21.2. The van der Waals surface area contributed by atoms with E-state index < -0.39 is 0 Å². The number of hydrogen-bond donors (Lipinski definition) is 0. The number of fused-ring (bicyclic) bond motifs is 1. The first-order valence-corrected chi connectivity index (χ1v) is 13.2. The summed E-state index contributed by atoms with van der Waals surface area (Å²) in [5.74, 6) is -0.0777. The lowest BCUT2D eigenvalue weighted by Gasteiger charge is -2.20. The van der Waals surface area contributed by atoms with E-state index in [0.29, 0.717) is 0 Å². The van der Waals surface area contributed by atoms with E-state index in [1.165, 1.54) is 27.8 Å². The Hall–Kier alpha value is -3.19. The summed E-state index contributed by atoms with van der Waals surface area (Å²) in [6.45, 7) is 8.31. The Kier molecular flexibility index (Phi) is 8.53. The van der Waals surface area contributed by atoms with Crippen LogP contribution in [-0.4, -0.2) is 0 Å². The molecule has 0 fully saturated rings. The van der Waals surface area contributed by atoms with Crippen molar-refractivity contribution in [2.45, 2.75) is 65.2 Å². The molecule has 0 saturated heterocycles. The van der Waals surface area contributed by atoms with Crippen LogP contribution in [0.1, 0.15) is 62.6 Å². The molecule has 0 heterocycles. The van der Waals surface area contributed by atoms with E-state index in [0.717, 1.165) is 73.3 Å². The first-order chi connectivity index (χ1) is 17.2. The average Bonchev–Trinajstić information content (AvgIpc) is 2.91. The van der Waals surface area contributed by atoms with Crippen molar-refractivity contribution in [2.24, 2.45) is 0 Å². The summed E-state index contributed by atoms with van der Waals surface area (Å²) < 4.78 is 16.2. The topological polar surface area (TPSA) is 0 Å². The predicted molar refractivity (Wildman–Crippen MR) is 151 cm³/mol. The van der Waals surface area contributed by atoms with E-state index >= 15 is 4.39 Å². The number of aryl methyl sites for hydroxylation is 2. The fourth-order valence-corrected chi connectivity index (χ4v) is 5.18. The molecule has 0 bridgehead atoms. The van der Waals surface area contributed by atoms with Crippen LogP contribution in [0, 0.1) is 5.82 Å². The highest BCUT2D eigenvalue weighted by Crippen LogP contribution is 2.39. The van der Waals surface area contributed by atoms with Gasteiger partial charge in [0.05, 0.1) is 0 Å². The normalized spacial score (nSPS) is 11.2. The van der Waals surface area contributed by atoms with Gasteiger partial charge in [-0.3, -0.25) is 0 Å². The zero-order chi connectivity index (χ0) is 24.6. The molecule has 0 N–H and O–H groups in total. The van der Waals surface area contributed by atoms with Crippen molar-refractivity contribution in [3.63, 3.8) is 0 Å². The molecule has 0 aliphatic heterocycles. The molecule has 0 unspecified atom stereocenters. The van der Waals surface area contributed by atoms with Gasteiger partial charge in [0.15, 0.2) is 0 Å². The fraction of sp³-hybridized carbons (Fsp3) is 0.294. The second-order valence-corrected chi connectivity index (χ2v) is 9.46. The molecular weight excluding hydrogens is 427 g/mol. The predicted octanol–water partition coefficient (Wildman–Crippen LogP) is 10.1. The molecule has 0 amide bonds. The summed E-state index contributed by atoms with van der Waals surface area (Å²) in [5, 5.41) is 1.83. The minimum absolute atomic E-state index is 0.0777. The number of benzene rings is 4. The summed E-state index contributed by atoms with van der Waals surface area (Å²) in [6.07, 6.45) is 10.2. The van der Waals surface area contributed by atoms with Gasteiger partial charge >= 0.3 is 0 Å². The van der Waals surface area contributed by atoms with Crippen LogP contribution in [0.15, 0.2) is 85.5 Å². The monoisotopic (exact) mass is 464 g/mol. The Morgan fingerprint density at radius 1 is 0.686 bits per heavy atom. The van der Waals surface area contributed by atoms with Crippen LogP contribution in [0.5, 0.6) is 0 Å². The van der Waals surface area contributed by atoms with Crippen LogP contribution in [0.4, 0.5) is 4.39 Å². The number of rotatable bonds is 11. The third-order valence-corrected chi connectivity index (χ3v) is 7.05. The van der Waals surface area contributed by atoms with Gasteiger partial charge in [-0.1, -0.05) is 106 Å². The molecule has 0 aromatic heterocycles. The summed E-state index contributed by atoms with van der Waals surface area (Å²) >= 11 is 0. The van der Waals surface area contributed by atoms with Gasteiger partial charge in [-0.2, -0.15) is 0 Å². The van der Waals surface area contributed by atoms with Gasteiger partial charge in [-0.25, -0.2) is 4.39 Å². The molecule has 35 heavy (non-hydrogen) atoms. The van der Waals surface area contributed by atoms with E-state index in [-0.39, 0.29) is 5.82 Å². The third kappa shape index (κ3) is 5.40. The SMILES string of the molecule is C=CCCc1ccccc1-c1ccc(-c2c(CCCC)c(CCCC)c3ccccc3c2F)cc1. The molecule has 0 spiro atoms. The highest BCUT2D eigenvalue weighted by molar-refractivity contribution is 5.93. The Morgan fingerprint density at radius 3 is 1.97 bits per heavy atom. The van der Waals surface area contributed by atoms with E-state index in [9.17, 15) is 0 Å². The van der Waals surface area contributed by atoms with Gasteiger partial charge in [0.2, 0.25) is 0 Å². The van der Waals surface area contributed by atoms with Crippen LogP contribution in [0.2, 0.25) is 0 Å². The Bertz CT molecular complexity index is 1280. The molecule has 4 aromatic rings. The lowest BCUT2D eigenvalue weighted by Crippen LogP contribution is -2.04. The quantitative estimate of drug-likeness (QED) is 0.194. The molecule has 0 saturated carbocycles. The maximum atomic E-state index is 16.2. The van der Waals surface area contributed by atoms with E-state index in [1.807, 2.05) is 24.3 Å². The van der Waals surface area contributed by atoms with Crippen LogP contribution in [0.25, 0.3) is 33.0 Å². The number of unbranched alkanes of at least 4 members (excludes halogenated alkanes) is 2. The molecule has 0 nitrogen and oxygen atoms in total. The van der Waals surface area contributed by atoms with Crippen molar-refractivity contribution in [3.05, 3.63) is 108 Å². The molecule has 4 aromatic carbocycles. The first-order valence-electron chi connectivity index (χ1n) is 13.2. The van der Waals surface area contributed by atoms with Crippen molar-refractivity contribution >= 4 is 10.8 Å². The standard InChI is InChI=1S/C34H37F/c1-4-7-14-25-15-10-11-18-28(25)26-21-23-27(24-22-26)33-31(17-9-6-3)29(16-8-5-2)30-19-12-13-20-32(30)34(33)35/h4,10-13,15,18-24H,1,5-9,14,16-17H2,2-3H3. The van der Waals surface area contributed by atoms with Crippen molar-refractivity contribution in [2.75, 3.05) is 0 Å². The lowest BCUT2D eigenvalue weighted by atomic mass is 9.85. The van der Waals surface area contributed by atoms with E-state index in [1.54, 1.807) is 0 Å². The minimum atomic E-state index is -0.0777. The zero-order valence-electron chi connectivity index (χ0n) is 21.2. The van der Waals surface area contributed by atoms with Crippen LogP contribution < -0.4 is 0 Å². The molecular formula is C34H37F. The number of allylic oxidation sites excluding steroid dienone is 1. The lowest BCUT2D eigenvalue weighted by molar-refractivity contribution is 0.638. The van der Waals surface area contributed by atoms with Gasteiger partial charge in [0.25, 0.3) is 0 Å². The number of hydrogen-bond acceptors (Lipinski definition) is 0. The van der Waals surface area contributed by atoms with Gasteiger partial charge in [-0.05, 0) is 77.3 Å². The second kappa shape index (κ2) is 12.0. The molecule has 0 aliphatic carbocycles. The fourth-order valence-electron chi connectivity index (χ4n) is 5.18. The van der Waals surface area contributed by atoms with Crippen LogP contribution in [0.3, 0.4) is 0 Å². The Labute approximate surface area is 210 Å². The van der Waals surface area contributed by atoms with Crippen molar-refractivity contribution in [3.8, 4) is 22.3 Å². The number of halogens is 1. The Balaban J connectivity index is 1.85. The van der Waals surface area contributed by atoms with E-state index in [4.69, 9.17) is 0 Å². The molecule has 4 rings (SSSR count). The summed E-state index contributed by atoms with van der Waals surface area (Å²) in [7, 11) is 0. The van der Waals surface area contributed by atoms with Gasteiger partial charge in [-0.15, -0.1) is 6.58 Å². The highest BCUT2D eigenvalue weighted by Gasteiger charge is 2.20. The second-order valence-electron chi connectivity index (χ2n) is 9.46. The van der Waals surface area contributed by atoms with Crippen molar-refractivity contribution in [1.29, 1.82) is 0 Å². The largest absolute Gasteiger partial charge is 0.206 e. The van der Waals surface area contributed by atoms with Gasteiger partial charge in [0, 0.05) is 10.9 Å². The first kappa shape index (κ1) is 24.9. The van der Waals surface area contributed by atoms with Crippen molar-refractivity contribution < 1.29 is 4.39 Å². The maximum Gasteiger partial charge on any atom is 0.139 e. The summed E-state index contributed by atoms with van der Waals surface area (Å²) in [4.78, 5) is 0. The van der Waals surface area contributed by atoms with Crippen LogP contribution in [-0.2, 0) is 19.3 Å². The van der Waals surface area contributed by atoms with Gasteiger partial charge in [0.1, 0.15) is 5.82 Å². The maximum absolute atomic E-state index is 16.2. The van der Waals surface area contributed by atoms with Crippen molar-refractivity contribution in [1.82, 2.24) is 0 Å². The van der Waals surface area contributed by atoms with Gasteiger partial charge < -0.3 is 0 Å². The highest BCUT2D eigenvalue weighted by atomic mass is 19.1. The molecule has 180 valence electrons. The molecule has 0 atom stereocenters. The molecule has 0 aliphatic rings. The average molecular weight is 465 g/mol. The summed E-state index contributed by atoms with van der Waals surface area (Å²) in [6, 6.07) is 25.1.